The molecule has 0 spiro atoms. The fourth-order valence-corrected chi connectivity index (χ4v) is 3.68. The number of rotatable bonds is 3. The molecule has 2 aliphatic rings. The molecular formula is C12H20N2O3S. The molecule has 102 valence electrons. The normalized spacial score (nSPS) is 28.1. The van der Waals surface area contributed by atoms with Crippen molar-refractivity contribution < 1.29 is 14.7 Å². The van der Waals surface area contributed by atoms with Gasteiger partial charge in [-0.05, 0) is 31.4 Å². The smallest absolute Gasteiger partial charge is 0.317 e. The van der Waals surface area contributed by atoms with E-state index in [0.717, 1.165) is 6.42 Å². The Hall–Kier alpha value is -0.910. The summed E-state index contributed by atoms with van der Waals surface area (Å²) < 4.78 is 0. The number of likely N-dealkylation sites (tertiary alicyclic amines) is 1. The number of thioether (sulfide) groups is 1. The fraction of sp³-hybridized carbons (Fsp3) is 0.833. The zero-order valence-electron chi connectivity index (χ0n) is 10.4. The van der Waals surface area contributed by atoms with Crippen LogP contribution < -0.4 is 5.32 Å². The van der Waals surface area contributed by atoms with Crippen molar-refractivity contribution in [1.29, 1.82) is 0 Å². The Balaban J connectivity index is 1.75. The average Bonchev–Trinajstić information content (AvgIpc) is 2.89. The van der Waals surface area contributed by atoms with Gasteiger partial charge in [0.15, 0.2) is 0 Å². The van der Waals surface area contributed by atoms with Gasteiger partial charge in [0, 0.05) is 24.9 Å². The summed E-state index contributed by atoms with van der Waals surface area (Å²) in [7, 11) is 0. The molecule has 0 aromatic heterocycles. The summed E-state index contributed by atoms with van der Waals surface area (Å²) in [6, 6.07) is -0.103. The highest BCUT2D eigenvalue weighted by Gasteiger charge is 2.28. The lowest BCUT2D eigenvalue weighted by Crippen LogP contribution is -2.48. The van der Waals surface area contributed by atoms with Gasteiger partial charge in [-0.15, -0.1) is 0 Å². The Labute approximate surface area is 111 Å². The topological polar surface area (TPSA) is 69.6 Å². The third-order valence-electron chi connectivity index (χ3n) is 3.56. The Morgan fingerprint density at radius 2 is 2.17 bits per heavy atom. The van der Waals surface area contributed by atoms with E-state index in [1.165, 1.54) is 18.6 Å². The molecule has 2 saturated heterocycles. The van der Waals surface area contributed by atoms with Gasteiger partial charge in [0.1, 0.15) is 0 Å². The van der Waals surface area contributed by atoms with E-state index in [4.69, 9.17) is 5.11 Å². The quantitative estimate of drug-likeness (QED) is 0.814. The van der Waals surface area contributed by atoms with Crippen molar-refractivity contribution in [2.75, 3.05) is 25.4 Å². The number of piperidine rings is 1. The van der Waals surface area contributed by atoms with Gasteiger partial charge in [-0.2, -0.15) is 11.8 Å². The molecule has 6 heteroatoms. The number of carboxylic acids is 1. The first kappa shape index (κ1) is 13.5. The number of nitrogens with zero attached hydrogens (tertiary/aromatic N) is 1. The maximum atomic E-state index is 11.9. The molecule has 2 fully saturated rings. The molecule has 2 N–H and O–H groups in total. The monoisotopic (exact) mass is 272 g/mol. The Morgan fingerprint density at radius 1 is 1.33 bits per heavy atom. The fourth-order valence-electron chi connectivity index (χ4n) is 2.48. The first-order valence-electron chi connectivity index (χ1n) is 6.54. The largest absolute Gasteiger partial charge is 0.481 e. The van der Waals surface area contributed by atoms with Crippen LogP contribution in [0.5, 0.6) is 0 Å². The third-order valence-corrected chi connectivity index (χ3v) is 4.96. The van der Waals surface area contributed by atoms with E-state index in [-0.39, 0.29) is 6.03 Å². The van der Waals surface area contributed by atoms with Crippen molar-refractivity contribution in [3.8, 4) is 0 Å². The minimum Gasteiger partial charge on any atom is -0.481 e. The molecular weight excluding hydrogens is 252 g/mol. The molecule has 0 saturated carbocycles. The van der Waals surface area contributed by atoms with Gasteiger partial charge >= 0.3 is 12.0 Å². The third kappa shape index (κ3) is 3.54. The number of nitrogens with one attached hydrogen (secondary N) is 1. The van der Waals surface area contributed by atoms with Crippen LogP contribution in [0.3, 0.4) is 0 Å². The SMILES string of the molecule is O=C(O)C1CCCN(C(=O)NCC2CCCS2)C1. The number of carbonyl (C=O) groups excluding carboxylic acids is 1. The molecule has 0 aromatic rings. The van der Waals surface area contributed by atoms with Crippen LogP contribution in [0, 0.1) is 5.92 Å². The average molecular weight is 272 g/mol. The standard InChI is InChI=1S/C12H20N2O3S/c15-11(16)9-3-1-5-14(8-9)12(17)13-7-10-4-2-6-18-10/h9-10H,1-8H2,(H,13,17)(H,15,16). The number of carboxylic acid groups (broad SMARTS) is 1. The van der Waals surface area contributed by atoms with Crippen LogP contribution in [0.15, 0.2) is 0 Å². The van der Waals surface area contributed by atoms with Gasteiger partial charge in [0.05, 0.1) is 5.92 Å². The maximum absolute atomic E-state index is 11.9. The van der Waals surface area contributed by atoms with Gasteiger partial charge in [0.25, 0.3) is 0 Å². The first-order chi connectivity index (χ1) is 8.66. The first-order valence-corrected chi connectivity index (χ1v) is 7.59. The Morgan fingerprint density at radius 3 is 2.83 bits per heavy atom. The van der Waals surface area contributed by atoms with Gasteiger partial charge in [0.2, 0.25) is 0 Å². The number of hydrogen-bond acceptors (Lipinski definition) is 3. The van der Waals surface area contributed by atoms with E-state index >= 15 is 0 Å². The van der Waals surface area contributed by atoms with Crippen LogP contribution in [0.1, 0.15) is 25.7 Å². The van der Waals surface area contributed by atoms with Gasteiger partial charge in [-0.3, -0.25) is 4.79 Å². The van der Waals surface area contributed by atoms with E-state index in [0.29, 0.717) is 31.3 Å². The van der Waals surface area contributed by atoms with Crippen LogP contribution >= 0.6 is 11.8 Å². The van der Waals surface area contributed by atoms with Gasteiger partial charge in [-0.25, -0.2) is 4.79 Å². The number of hydrogen-bond donors (Lipinski definition) is 2. The number of urea groups is 1. The molecule has 2 atom stereocenters. The second kappa shape index (κ2) is 6.31. The zero-order chi connectivity index (χ0) is 13.0. The van der Waals surface area contributed by atoms with Gasteiger partial charge < -0.3 is 15.3 Å². The molecule has 0 aliphatic carbocycles. The minimum atomic E-state index is -0.793. The van der Waals surface area contributed by atoms with E-state index in [2.05, 4.69) is 5.32 Å². The summed E-state index contributed by atoms with van der Waals surface area (Å²) in [5.74, 6) is -0.00470. The van der Waals surface area contributed by atoms with Crippen molar-refractivity contribution in [3.63, 3.8) is 0 Å². The molecule has 2 amide bonds. The van der Waals surface area contributed by atoms with Crippen molar-refractivity contribution in [2.24, 2.45) is 5.92 Å². The molecule has 0 bridgehead atoms. The Kier molecular flexibility index (Phi) is 4.74. The maximum Gasteiger partial charge on any atom is 0.317 e. The summed E-state index contributed by atoms with van der Waals surface area (Å²) in [4.78, 5) is 24.5. The summed E-state index contributed by atoms with van der Waals surface area (Å²) >= 11 is 1.91. The molecule has 2 unspecified atom stereocenters. The van der Waals surface area contributed by atoms with Crippen LogP contribution in [-0.4, -0.2) is 52.6 Å². The zero-order valence-corrected chi connectivity index (χ0v) is 11.2. The molecule has 2 aliphatic heterocycles. The van der Waals surface area contributed by atoms with E-state index in [1.807, 2.05) is 11.8 Å². The summed E-state index contributed by atoms with van der Waals surface area (Å²) in [6.45, 7) is 1.73. The minimum absolute atomic E-state index is 0.103. The highest BCUT2D eigenvalue weighted by molar-refractivity contribution is 8.00. The number of carbonyl (C=O) groups is 2. The summed E-state index contributed by atoms with van der Waals surface area (Å²) in [5.41, 5.74) is 0. The molecule has 2 rings (SSSR count). The van der Waals surface area contributed by atoms with Crippen molar-refractivity contribution in [1.82, 2.24) is 10.2 Å². The van der Waals surface area contributed by atoms with Crippen LogP contribution in [-0.2, 0) is 4.79 Å². The molecule has 5 nitrogen and oxygen atoms in total. The number of amides is 2. The van der Waals surface area contributed by atoms with Crippen molar-refractivity contribution >= 4 is 23.8 Å². The van der Waals surface area contributed by atoms with Gasteiger partial charge in [-0.1, -0.05) is 0 Å². The van der Waals surface area contributed by atoms with Crippen LogP contribution in [0.25, 0.3) is 0 Å². The summed E-state index contributed by atoms with van der Waals surface area (Å²) in [5, 5.41) is 12.4. The van der Waals surface area contributed by atoms with E-state index in [1.54, 1.807) is 4.90 Å². The predicted molar refractivity (Wildman–Crippen MR) is 70.8 cm³/mol. The van der Waals surface area contributed by atoms with E-state index < -0.39 is 11.9 Å². The molecule has 0 radical (unpaired) electrons. The van der Waals surface area contributed by atoms with Crippen molar-refractivity contribution in [2.45, 2.75) is 30.9 Å². The molecule has 18 heavy (non-hydrogen) atoms. The number of aliphatic carboxylic acids is 1. The summed E-state index contributed by atoms with van der Waals surface area (Å²) in [6.07, 6.45) is 3.86. The van der Waals surface area contributed by atoms with Crippen LogP contribution in [0.2, 0.25) is 0 Å². The lowest BCUT2D eigenvalue weighted by atomic mass is 9.99. The Bertz CT molecular complexity index is 318. The van der Waals surface area contributed by atoms with E-state index in [9.17, 15) is 9.59 Å². The second-order valence-electron chi connectivity index (χ2n) is 4.94. The lowest BCUT2D eigenvalue weighted by molar-refractivity contribution is -0.143. The second-order valence-corrected chi connectivity index (χ2v) is 6.35. The predicted octanol–water partition coefficient (Wildman–Crippen LogP) is 1.39. The molecule has 2 heterocycles. The molecule has 0 aromatic carbocycles. The highest BCUT2D eigenvalue weighted by atomic mass is 32.2. The highest BCUT2D eigenvalue weighted by Crippen LogP contribution is 2.25. The van der Waals surface area contributed by atoms with Crippen LogP contribution in [0.4, 0.5) is 4.79 Å². The lowest BCUT2D eigenvalue weighted by Gasteiger charge is -2.31. The van der Waals surface area contributed by atoms with Crippen molar-refractivity contribution in [3.05, 3.63) is 0 Å².